The van der Waals surface area contributed by atoms with Crippen LogP contribution in [0.4, 0.5) is 20.9 Å². The Labute approximate surface area is 170 Å². The summed E-state index contributed by atoms with van der Waals surface area (Å²) in [4.78, 5) is 12.1. The second kappa shape index (κ2) is 8.81. The lowest BCUT2D eigenvalue weighted by molar-refractivity contribution is -0.113. The smallest absolute Gasteiger partial charge is 0.234 e. The predicted octanol–water partition coefficient (Wildman–Crippen LogP) is 5.57. The molecular formula is C16H11BrClFN4OS2. The number of anilines is 3. The Morgan fingerprint density at radius 1 is 1.23 bits per heavy atom. The first-order valence-corrected chi connectivity index (χ1v) is 10.2. The minimum Gasteiger partial charge on any atom is -0.328 e. The molecule has 1 heterocycles. The van der Waals surface area contributed by atoms with Crippen molar-refractivity contribution < 1.29 is 9.18 Å². The Hall–Kier alpha value is -1.68. The lowest BCUT2D eigenvalue weighted by atomic mass is 10.3. The van der Waals surface area contributed by atoms with Gasteiger partial charge in [0.05, 0.1) is 22.2 Å². The van der Waals surface area contributed by atoms with Crippen molar-refractivity contribution in [1.82, 2.24) is 10.2 Å². The molecular weight excluding hydrogens is 463 g/mol. The molecule has 26 heavy (non-hydrogen) atoms. The molecule has 0 radical (unpaired) electrons. The standard InChI is InChI=1S/C16H11BrClFN4OS2/c17-9-5-6-12(10(18)7-9)20-14(24)8-25-16-23-22-15(26-16)21-13-4-2-1-3-11(13)19/h1-7H,8H2,(H,20,24)(H,21,22). The molecule has 0 aliphatic carbocycles. The summed E-state index contributed by atoms with van der Waals surface area (Å²) in [6, 6.07) is 11.5. The lowest BCUT2D eigenvalue weighted by Gasteiger charge is -2.06. The maximum absolute atomic E-state index is 13.6. The van der Waals surface area contributed by atoms with E-state index in [4.69, 9.17) is 11.6 Å². The first-order chi connectivity index (χ1) is 12.5. The van der Waals surface area contributed by atoms with Crippen LogP contribution in [0.2, 0.25) is 5.02 Å². The summed E-state index contributed by atoms with van der Waals surface area (Å²) in [5.74, 6) is -0.429. The van der Waals surface area contributed by atoms with E-state index in [1.54, 1.807) is 36.4 Å². The third-order valence-corrected chi connectivity index (χ3v) is 5.83. The minimum atomic E-state index is -0.373. The summed E-state index contributed by atoms with van der Waals surface area (Å²) in [6.07, 6.45) is 0. The maximum Gasteiger partial charge on any atom is 0.234 e. The topological polar surface area (TPSA) is 66.9 Å². The molecule has 3 aromatic rings. The van der Waals surface area contributed by atoms with E-state index >= 15 is 0 Å². The Morgan fingerprint density at radius 3 is 2.81 bits per heavy atom. The lowest BCUT2D eigenvalue weighted by Crippen LogP contribution is -2.14. The molecule has 0 aliphatic heterocycles. The summed E-state index contributed by atoms with van der Waals surface area (Å²) in [7, 11) is 0. The second-order valence-electron chi connectivity index (χ2n) is 4.94. The van der Waals surface area contributed by atoms with Gasteiger partial charge in [-0.3, -0.25) is 4.79 Å². The molecule has 3 rings (SSSR count). The van der Waals surface area contributed by atoms with E-state index in [1.165, 1.54) is 29.2 Å². The molecule has 0 fully saturated rings. The summed E-state index contributed by atoms with van der Waals surface area (Å²) < 4.78 is 15.1. The third kappa shape index (κ3) is 5.16. The average molecular weight is 474 g/mol. The predicted molar refractivity (Wildman–Crippen MR) is 108 cm³/mol. The van der Waals surface area contributed by atoms with Crippen LogP contribution in [0.25, 0.3) is 0 Å². The molecule has 134 valence electrons. The summed E-state index contributed by atoms with van der Waals surface area (Å²) in [5, 5.41) is 14.4. The number of amides is 1. The van der Waals surface area contributed by atoms with Crippen LogP contribution in [-0.2, 0) is 4.79 Å². The molecule has 0 spiro atoms. The number of hydrogen-bond donors (Lipinski definition) is 2. The van der Waals surface area contributed by atoms with Crippen LogP contribution in [0, 0.1) is 5.82 Å². The number of benzene rings is 2. The maximum atomic E-state index is 13.6. The van der Waals surface area contributed by atoms with Crippen molar-refractivity contribution in [2.24, 2.45) is 0 Å². The van der Waals surface area contributed by atoms with E-state index in [-0.39, 0.29) is 17.5 Å². The monoisotopic (exact) mass is 472 g/mol. The van der Waals surface area contributed by atoms with Crippen molar-refractivity contribution in [3.63, 3.8) is 0 Å². The van der Waals surface area contributed by atoms with E-state index < -0.39 is 0 Å². The molecule has 0 saturated heterocycles. The zero-order chi connectivity index (χ0) is 18.5. The Bertz CT molecular complexity index is 940. The van der Waals surface area contributed by atoms with Crippen LogP contribution >= 0.6 is 50.6 Å². The number of thioether (sulfide) groups is 1. The van der Waals surface area contributed by atoms with Gasteiger partial charge in [-0.05, 0) is 30.3 Å². The largest absolute Gasteiger partial charge is 0.328 e. The highest BCUT2D eigenvalue weighted by molar-refractivity contribution is 9.10. The van der Waals surface area contributed by atoms with Gasteiger partial charge >= 0.3 is 0 Å². The number of nitrogens with one attached hydrogen (secondary N) is 2. The van der Waals surface area contributed by atoms with Crippen LogP contribution in [-0.4, -0.2) is 21.9 Å². The number of carbonyl (C=O) groups is 1. The van der Waals surface area contributed by atoms with Gasteiger partial charge in [0, 0.05) is 4.47 Å². The van der Waals surface area contributed by atoms with Crippen LogP contribution < -0.4 is 10.6 Å². The van der Waals surface area contributed by atoms with Gasteiger partial charge < -0.3 is 10.6 Å². The number of halogens is 3. The number of rotatable bonds is 6. The van der Waals surface area contributed by atoms with Gasteiger partial charge in [-0.15, -0.1) is 10.2 Å². The van der Waals surface area contributed by atoms with E-state index in [9.17, 15) is 9.18 Å². The number of nitrogens with zero attached hydrogens (tertiary/aromatic N) is 2. The molecule has 1 aromatic heterocycles. The van der Waals surface area contributed by atoms with Crippen molar-refractivity contribution in [3.05, 3.63) is 57.8 Å². The Balaban J connectivity index is 1.54. The fourth-order valence-electron chi connectivity index (χ4n) is 1.90. The van der Waals surface area contributed by atoms with Gasteiger partial charge in [-0.1, -0.05) is 62.8 Å². The molecule has 0 unspecified atom stereocenters. The third-order valence-electron chi connectivity index (χ3n) is 3.05. The molecule has 0 saturated carbocycles. The SMILES string of the molecule is O=C(CSc1nnc(Nc2ccccc2F)s1)Nc1ccc(Br)cc1Cl. The molecule has 10 heteroatoms. The van der Waals surface area contributed by atoms with Crippen molar-refractivity contribution in [3.8, 4) is 0 Å². The number of para-hydroxylation sites is 1. The first kappa shape index (κ1) is 19.1. The Kier molecular flexibility index (Phi) is 6.47. The fraction of sp³-hybridized carbons (Fsp3) is 0.0625. The van der Waals surface area contributed by atoms with Gasteiger partial charge in [-0.2, -0.15) is 0 Å². The van der Waals surface area contributed by atoms with E-state index in [1.807, 2.05) is 0 Å². The Morgan fingerprint density at radius 2 is 2.04 bits per heavy atom. The van der Waals surface area contributed by atoms with E-state index in [0.29, 0.717) is 25.9 Å². The molecule has 5 nitrogen and oxygen atoms in total. The molecule has 0 atom stereocenters. The normalized spacial score (nSPS) is 10.6. The first-order valence-electron chi connectivity index (χ1n) is 7.24. The van der Waals surface area contributed by atoms with Crippen LogP contribution in [0.3, 0.4) is 0 Å². The van der Waals surface area contributed by atoms with Gasteiger partial charge in [0.2, 0.25) is 11.0 Å². The van der Waals surface area contributed by atoms with Gasteiger partial charge in [0.25, 0.3) is 0 Å². The minimum absolute atomic E-state index is 0.153. The van der Waals surface area contributed by atoms with Crippen LogP contribution in [0.5, 0.6) is 0 Å². The summed E-state index contributed by atoms with van der Waals surface area (Å²) >= 11 is 11.9. The fourth-order valence-corrected chi connectivity index (χ4v) is 4.19. The highest BCUT2D eigenvalue weighted by atomic mass is 79.9. The molecule has 2 aromatic carbocycles. The van der Waals surface area contributed by atoms with Gasteiger partial charge in [0.15, 0.2) is 4.34 Å². The van der Waals surface area contributed by atoms with E-state index in [2.05, 4.69) is 36.8 Å². The highest BCUT2D eigenvalue weighted by Crippen LogP contribution is 2.29. The zero-order valence-corrected chi connectivity index (χ0v) is 17.0. The number of hydrogen-bond acceptors (Lipinski definition) is 6. The van der Waals surface area contributed by atoms with Gasteiger partial charge in [0.1, 0.15) is 5.82 Å². The summed E-state index contributed by atoms with van der Waals surface area (Å²) in [5.41, 5.74) is 0.863. The number of carbonyl (C=O) groups excluding carboxylic acids is 1. The van der Waals surface area contributed by atoms with E-state index in [0.717, 1.165) is 4.47 Å². The molecule has 2 N–H and O–H groups in total. The zero-order valence-electron chi connectivity index (χ0n) is 13.0. The molecule has 1 amide bonds. The average Bonchev–Trinajstić information content (AvgIpc) is 3.05. The van der Waals surface area contributed by atoms with Crippen LogP contribution in [0.15, 0.2) is 51.3 Å². The van der Waals surface area contributed by atoms with Crippen molar-refractivity contribution in [2.75, 3.05) is 16.4 Å². The van der Waals surface area contributed by atoms with Crippen LogP contribution in [0.1, 0.15) is 0 Å². The quantitative estimate of drug-likeness (QED) is 0.458. The van der Waals surface area contributed by atoms with Crippen molar-refractivity contribution in [2.45, 2.75) is 4.34 Å². The summed E-state index contributed by atoms with van der Waals surface area (Å²) in [6.45, 7) is 0. The van der Waals surface area contributed by atoms with Crippen molar-refractivity contribution >= 4 is 73.0 Å². The van der Waals surface area contributed by atoms with Crippen molar-refractivity contribution in [1.29, 1.82) is 0 Å². The molecule has 0 aliphatic rings. The number of aromatic nitrogens is 2. The second-order valence-corrected chi connectivity index (χ2v) is 8.46. The molecule has 0 bridgehead atoms. The highest BCUT2D eigenvalue weighted by Gasteiger charge is 2.11. The van der Waals surface area contributed by atoms with Gasteiger partial charge in [-0.25, -0.2) is 4.39 Å².